The molecular weight excluding hydrogens is 443 g/mol. The van der Waals surface area contributed by atoms with Crippen LogP contribution in [0.5, 0.6) is 0 Å². The van der Waals surface area contributed by atoms with Crippen LogP contribution in [0.15, 0.2) is 34.6 Å². The molecule has 4 nitrogen and oxygen atoms in total. The van der Waals surface area contributed by atoms with E-state index in [1.54, 1.807) is 11.3 Å². The van der Waals surface area contributed by atoms with Gasteiger partial charge in [0.15, 0.2) is 5.96 Å². The number of hydrogen-bond acceptors (Lipinski definition) is 3. The van der Waals surface area contributed by atoms with E-state index in [0.29, 0.717) is 0 Å². The first-order chi connectivity index (χ1) is 11.6. The summed E-state index contributed by atoms with van der Waals surface area (Å²) in [6.45, 7) is 8.82. The molecule has 2 aromatic rings. The topological polar surface area (TPSA) is 40.5 Å². The predicted octanol–water partition coefficient (Wildman–Crippen LogP) is 4.41. The van der Waals surface area contributed by atoms with E-state index in [2.05, 4.69) is 65.7 Å². The summed E-state index contributed by atoms with van der Waals surface area (Å²) >= 11 is 1.74. The minimum absolute atomic E-state index is 0. The Morgan fingerprint density at radius 1 is 1.24 bits per heavy atom. The summed E-state index contributed by atoms with van der Waals surface area (Å²) in [5.74, 6) is 0.966. The second-order valence-corrected chi connectivity index (χ2v) is 7.01. The fourth-order valence-electron chi connectivity index (χ4n) is 2.44. The Hall–Kier alpha value is -1.15. The molecule has 0 saturated heterocycles. The van der Waals surface area contributed by atoms with Gasteiger partial charge in [-0.05, 0) is 32.8 Å². The molecule has 2 rings (SSSR count). The second kappa shape index (κ2) is 11.5. The number of aliphatic imine (C=N–C) groups is 1. The van der Waals surface area contributed by atoms with Crippen molar-refractivity contribution in [1.82, 2.24) is 15.2 Å². The van der Waals surface area contributed by atoms with Crippen molar-refractivity contribution in [2.45, 2.75) is 40.2 Å². The zero-order valence-corrected chi connectivity index (χ0v) is 18.7. The van der Waals surface area contributed by atoms with Crippen molar-refractivity contribution in [2.24, 2.45) is 4.99 Å². The van der Waals surface area contributed by atoms with Crippen LogP contribution in [0.25, 0.3) is 0 Å². The summed E-state index contributed by atoms with van der Waals surface area (Å²) in [5, 5.41) is 6.70. The maximum absolute atomic E-state index is 4.76. The maximum atomic E-state index is 4.76. The first-order valence-corrected chi connectivity index (χ1v) is 9.42. The molecule has 1 N–H and O–H groups in total. The highest BCUT2D eigenvalue weighted by molar-refractivity contribution is 14.0. The number of nitrogens with zero attached hydrogens (tertiary/aromatic N) is 3. The third-order valence-corrected chi connectivity index (χ3v) is 4.74. The third kappa shape index (κ3) is 7.73. The van der Waals surface area contributed by atoms with Gasteiger partial charge in [0.25, 0.3) is 0 Å². The Kier molecular flexibility index (Phi) is 10.0. The van der Waals surface area contributed by atoms with Crippen molar-refractivity contribution in [1.29, 1.82) is 0 Å². The SMILES string of the molecule is CCNC(=NCCCc1nc(C)cs1)N(C)Cc1ccc(C)cc1.I. The highest BCUT2D eigenvalue weighted by atomic mass is 127. The third-order valence-electron chi connectivity index (χ3n) is 3.71. The van der Waals surface area contributed by atoms with Crippen molar-refractivity contribution in [3.8, 4) is 0 Å². The lowest BCUT2D eigenvalue weighted by Crippen LogP contribution is -2.38. The molecule has 1 heterocycles. The zero-order chi connectivity index (χ0) is 17.4. The minimum Gasteiger partial charge on any atom is -0.357 e. The van der Waals surface area contributed by atoms with E-state index in [-0.39, 0.29) is 24.0 Å². The van der Waals surface area contributed by atoms with Crippen LogP contribution in [0.4, 0.5) is 0 Å². The predicted molar refractivity (Wildman–Crippen MR) is 119 cm³/mol. The van der Waals surface area contributed by atoms with Gasteiger partial charge in [-0.3, -0.25) is 4.99 Å². The van der Waals surface area contributed by atoms with Gasteiger partial charge in [-0.25, -0.2) is 4.98 Å². The van der Waals surface area contributed by atoms with Gasteiger partial charge in [0.2, 0.25) is 0 Å². The van der Waals surface area contributed by atoms with Crippen LogP contribution in [-0.4, -0.2) is 36.0 Å². The lowest BCUT2D eigenvalue weighted by atomic mass is 10.1. The fraction of sp³-hybridized carbons (Fsp3) is 0.474. The number of benzene rings is 1. The summed E-state index contributed by atoms with van der Waals surface area (Å²) < 4.78 is 0. The van der Waals surface area contributed by atoms with Crippen molar-refractivity contribution < 1.29 is 0 Å². The summed E-state index contributed by atoms with van der Waals surface area (Å²) in [4.78, 5) is 11.4. The molecule has 0 spiro atoms. The van der Waals surface area contributed by atoms with Crippen LogP contribution in [-0.2, 0) is 13.0 Å². The number of rotatable bonds is 7. The molecule has 1 aromatic carbocycles. The normalized spacial score (nSPS) is 11.1. The van der Waals surface area contributed by atoms with E-state index in [1.807, 2.05) is 6.92 Å². The van der Waals surface area contributed by atoms with E-state index < -0.39 is 0 Å². The molecule has 0 bridgehead atoms. The van der Waals surface area contributed by atoms with E-state index in [0.717, 1.165) is 44.1 Å². The number of hydrogen-bond donors (Lipinski definition) is 1. The van der Waals surface area contributed by atoms with Crippen molar-refractivity contribution >= 4 is 41.3 Å². The standard InChI is InChI=1S/C19H28N4S.HI/c1-5-20-19(21-12-6-7-18-22-16(3)14-24-18)23(4)13-17-10-8-15(2)9-11-17;/h8-11,14H,5-7,12-13H2,1-4H3,(H,20,21);1H. The number of nitrogens with one attached hydrogen (secondary N) is 1. The highest BCUT2D eigenvalue weighted by Gasteiger charge is 2.06. The molecule has 6 heteroatoms. The molecule has 1 aromatic heterocycles. The van der Waals surface area contributed by atoms with Crippen LogP contribution in [0.3, 0.4) is 0 Å². The van der Waals surface area contributed by atoms with Gasteiger partial charge >= 0.3 is 0 Å². The summed E-state index contributed by atoms with van der Waals surface area (Å²) in [6.07, 6.45) is 2.03. The molecule has 0 aliphatic heterocycles. The van der Waals surface area contributed by atoms with Crippen LogP contribution < -0.4 is 5.32 Å². The van der Waals surface area contributed by atoms with Crippen LogP contribution in [0.2, 0.25) is 0 Å². The van der Waals surface area contributed by atoms with E-state index in [1.165, 1.54) is 16.1 Å². The van der Waals surface area contributed by atoms with E-state index in [9.17, 15) is 0 Å². The fourth-order valence-corrected chi connectivity index (χ4v) is 3.26. The van der Waals surface area contributed by atoms with Gasteiger partial charge in [0, 0.05) is 44.2 Å². The number of aryl methyl sites for hydroxylation is 3. The average molecular weight is 472 g/mol. The molecule has 0 aliphatic rings. The van der Waals surface area contributed by atoms with Gasteiger partial charge in [-0.15, -0.1) is 35.3 Å². The molecule has 138 valence electrons. The smallest absolute Gasteiger partial charge is 0.193 e. The van der Waals surface area contributed by atoms with Gasteiger partial charge in [0.1, 0.15) is 0 Å². The van der Waals surface area contributed by atoms with Gasteiger partial charge in [-0.1, -0.05) is 29.8 Å². The quantitative estimate of drug-likeness (QED) is 0.281. The first-order valence-electron chi connectivity index (χ1n) is 8.54. The summed E-state index contributed by atoms with van der Waals surface area (Å²) in [6, 6.07) is 8.67. The van der Waals surface area contributed by atoms with Crippen LogP contribution >= 0.6 is 35.3 Å². The number of aromatic nitrogens is 1. The van der Waals surface area contributed by atoms with Crippen molar-refractivity contribution in [3.05, 3.63) is 51.5 Å². The Labute approximate surface area is 172 Å². The van der Waals surface area contributed by atoms with Crippen molar-refractivity contribution in [3.63, 3.8) is 0 Å². The molecule has 25 heavy (non-hydrogen) atoms. The van der Waals surface area contributed by atoms with Gasteiger partial charge in [0.05, 0.1) is 5.01 Å². The average Bonchev–Trinajstić information content (AvgIpc) is 2.98. The van der Waals surface area contributed by atoms with Crippen LogP contribution in [0, 0.1) is 13.8 Å². The Morgan fingerprint density at radius 2 is 1.96 bits per heavy atom. The Morgan fingerprint density at radius 3 is 2.56 bits per heavy atom. The summed E-state index contributed by atoms with van der Waals surface area (Å²) in [5.41, 5.74) is 3.70. The lowest BCUT2D eigenvalue weighted by Gasteiger charge is -2.22. The van der Waals surface area contributed by atoms with E-state index >= 15 is 0 Å². The zero-order valence-electron chi connectivity index (χ0n) is 15.6. The Balaban J connectivity index is 0.00000312. The molecule has 0 atom stereocenters. The molecule has 0 aliphatic carbocycles. The monoisotopic (exact) mass is 472 g/mol. The molecule has 0 fully saturated rings. The summed E-state index contributed by atoms with van der Waals surface area (Å²) in [7, 11) is 2.09. The van der Waals surface area contributed by atoms with Crippen LogP contribution in [0.1, 0.15) is 35.2 Å². The number of thiazole rings is 1. The number of halogens is 1. The van der Waals surface area contributed by atoms with Crippen molar-refractivity contribution in [2.75, 3.05) is 20.1 Å². The largest absolute Gasteiger partial charge is 0.357 e. The molecule has 0 saturated carbocycles. The number of guanidine groups is 1. The minimum atomic E-state index is 0. The van der Waals surface area contributed by atoms with E-state index in [4.69, 9.17) is 4.99 Å². The van der Waals surface area contributed by atoms with Gasteiger partial charge in [-0.2, -0.15) is 0 Å². The highest BCUT2D eigenvalue weighted by Crippen LogP contribution is 2.11. The maximum Gasteiger partial charge on any atom is 0.193 e. The molecule has 0 radical (unpaired) electrons. The molecule has 0 amide bonds. The second-order valence-electron chi connectivity index (χ2n) is 6.06. The Bertz CT molecular complexity index is 652. The first kappa shape index (κ1) is 21.9. The molecule has 0 unspecified atom stereocenters. The molecular formula is C19H29IN4S. The lowest BCUT2D eigenvalue weighted by molar-refractivity contribution is 0.476. The van der Waals surface area contributed by atoms with Gasteiger partial charge < -0.3 is 10.2 Å².